The van der Waals surface area contributed by atoms with Crippen LogP contribution in [0.3, 0.4) is 0 Å². The molecule has 2 N–H and O–H groups in total. The second-order valence-corrected chi connectivity index (χ2v) is 4.89. The number of pyridine rings is 1. The van der Waals surface area contributed by atoms with Gasteiger partial charge in [-0.1, -0.05) is 12.1 Å². The molecule has 2 nitrogen and oxygen atoms in total. The minimum atomic E-state index is -0.854. The van der Waals surface area contributed by atoms with Crippen LogP contribution >= 0.6 is 0 Å². The van der Waals surface area contributed by atoms with E-state index in [9.17, 15) is 8.78 Å². The van der Waals surface area contributed by atoms with Crippen molar-refractivity contribution < 1.29 is 8.78 Å². The predicted octanol–water partition coefficient (Wildman–Crippen LogP) is 3.09. The normalized spacial score (nSPS) is 19.2. The largest absolute Gasteiger partial charge is 0.323 e. The zero-order valence-corrected chi connectivity index (χ0v) is 10.3. The Morgan fingerprint density at radius 1 is 1.21 bits per heavy atom. The smallest absolute Gasteiger partial charge is 0.159 e. The van der Waals surface area contributed by atoms with Gasteiger partial charge in [-0.25, -0.2) is 8.78 Å². The maximum Gasteiger partial charge on any atom is 0.159 e. The maximum absolute atomic E-state index is 13.3. The summed E-state index contributed by atoms with van der Waals surface area (Å²) in [6, 6.07) is 7.44. The Bertz CT molecular complexity index is 613. The van der Waals surface area contributed by atoms with E-state index in [-0.39, 0.29) is 12.0 Å². The van der Waals surface area contributed by atoms with Crippen molar-refractivity contribution in [2.24, 2.45) is 5.73 Å². The van der Waals surface area contributed by atoms with E-state index in [0.717, 1.165) is 24.6 Å². The highest BCUT2D eigenvalue weighted by atomic mass is 19.2. The number of nitrogens with zero attached hydrogens (tertiary/aromatic N) is 1. The molecule has 1 aliphatic rings. The molecule has 0 bridgehead atoms. The first-order valence-corrected chi connectivity index (χ1v) is 6.31. The Kier molecular flexibility index (Phi) is 3.03. The second kappa shape index (κ2) is 4.70. The highest BCUT2D eigenvalue weighted by Gasteiger charge is 2.29. The van der Waals surface area contributed by atoms with Crippen LogP contribution in [0.2, 0.25) is 0 Å². The van der Waals surface area contributed by atoms with Crippen LogP contribution in [0.5, 0.6) is 0 Å². The third-order valence-electron chi connectivity index (χ3n) is 3.76. The minimum Gasteiger partial charge on any atom is -0.323 e. The first-order chi connectivity index (χ1) is 9.16. The van der Waals surface area contributed by atoms with Crippen LogP contribution in [0.4, 0.5) is 8.78 Å². The van der Waals surface area contributed by atoms with Crippen LogP contribution < -0.4 is 5.73 Å². The molecule has 0 aliphatic heterocycles. The van der Waals surface area contributed by atoms with Crippen LogP contribution in [-0.2, 0) is 6.42 Å². The lowest BCUT2D eigenvalue weighted by atomic mass is 9.91. The van der Waals surface area contributed by atoms with Crippen LogP contribution in [0.1, 0.15) is 35.2 Å². The molecule has 1 aliphatic carbocycles. The van der Waals surface area contributed by atoms with Crippen molar-refractivity contribution in [1.82, 2.24) is 4.98 Å². The topological polar surface area (TPSA) is 38.9 Å². The Labute approximate surface area is 110 Å². The molecule has 2 unspecified atom stereocenters. The summed E-state index contributed by atoms with van der Waals surface area (Å²) in [5.41, 5.74) is 9.00. The van der Waals surface area contributed by atoms with Crippen LogP contribution in [0.25, 0.3) is 0 Å². The molecule has 19 heavy (non-hydrogen) atoms. The summed E-state index contributed by atoms with van der Waals surface area (Å²) in [7, 11) is 0. The monoisotopic (exact) mass is 260 g/mol. The van der Waals surface area contributed by atoms with Crippen molar-refractivity contribution in [2.45, 2.75) is 24.8 Å². The Morgan fingerprint density at radius 3 is 2.84 bits per heavy atom. The maximum atomic E-state index is 13.3. The first-order valence-electron chi connectivity index (χ1n) is 6.31. The van der Waals surface area contributed by atoms with Gasteiger partial charge in [-0.05, 0) is 42.2 Å². The molecule has 98 valence electrons. The van der Waals surface area contributed by atoms with Crippen molar-refractivity contribution in [3.63, 3.8) is 0 Å². The molecule has 1 heterocycles. The average molecular weight is 260 g/mol. The number of benzene rings is 1. The molecule has 4 heteroatoms. The Morgan fingerprint density at radius 2 is 2.05 bits per heavy atom. The van der Waals surface area contributed by atoms with Gasteiger partial charge in [0, 0.05) is 23.9 Å². The summed E-state index contributed by atoms with van der Waals surface area (Å²) < 4.78 is 26.2. The van der Waals surface area contributed by atoms with Crippen molar-refractivity contribution >= 4 is 0 Å². The van der Waals surface area contributed by atoms with E-state index in [1.54, 1.807) is 12.3 Å². The predicted molar refractivity (Wildman–Crippen MR) is 68.6 cm³/mol. The fourth-order valence-corrected chi connectivity index (χ4v) is 2.75. The molecular formula is C15H14F2N2. The summed E-state index contributed by atoms with van der Waals surface area (Å²) in [6.45, 7) is 0. The lowest BCUT2D eigenvalue weighted by Gasteiger charge is -2.20. The average Bonchev–Trinajstić information content (AvgIpc) is 2.85. The van der Waals surface area contributed by atoms with Gasteiger partial charge in [-0.15, -0.1) is 0 Å². The van der Waals surface area contributed by atoms with E-state index in [1.807, 2.05) is 12.1 Å². The molecule has 0 saturated carbocycles. The standard InChI is InChI=1S/C15H14F2N2/c16-12-6-4-10(8-13(12)17)14(18)11-5-3-9-2-1-7-19-15(9)11/h1-2,4,6-8,11,14H,3,5,18H2. The molecular weight excluding hydrogens is 246 g/mol. The zero-order chi connectivity index (χ0) is 13.4. The summed E-state index contributed by atoms with van der Waals surface area (Å²) in [5.74, 6) is -1.63. The highest BCUT2D eigenvalue weighted by molar-refractivity contribution is 5.33. The lowest BCUT2D eigenvalue weighted by Crippen LogP contribution is -2.19. The number of halogens is 2. The van der Waals surface area contributed by atoms with Gasteiger partial charge in [0.05, 0.1) is 0 Å². The van der Waals surface area contributed by atoms with Gasteiger partial charge in [-0.2, -0.15) is 0 Å². The molecule has 0 amide bonds. The highest BCUT2D eigenvalue weighted by Crippen LogP contribution is 2.39. The van der Waals surface area contributed by atoms with Crippen molar-refractivity contribution in [3.05, 3.63) is 65.0 Å². The number of hydrogen-bond donors (Lipinski definition) is 1. The zero-order valence-electron chi connectivity index (χ0n) is 10.3. The van der Waals surface area contributed by atoms with Gasteiger partial charge in [0.2, 0.25) is 0 Å². The van der Waals surface area contributed by atoms with Crippen LogP contribution in [-0.4, -0.2) is 4.98 Å². The van der Waals surface area contributed by atoms with Crippen molar-refractivity contribution in [2.75, 3.05) is 0 Å². The molecule has 3 rings (SSSR count). The van der Waals surface area contributed by atoms with E-state index >= 15 is 0 Å². The summed E-state index contributed by atoms with van der Waals surface area (Å²) in [5, 5.41) is 0. The molecule has 2 aromatic rings. The summed E-state index contributed by atoms with van der Waals surface area (Å²) >= 11 is 0. The number of rotatable bonds is 2. The fraction of sp³-hybridized carbons (Fsp3) is 0.267. The van der Waals surface area contributed by atoms with Gasteiger partial charge >= 0.3 is 0 Å². The van der Waals surface area contributed by atoms with Gasteiger partial charge < -0.3 is 5.73 Å². The Hall–Kier alpha value is -1.81. The third-order valence-corrected chi connectivity index (χ3v) is 3.76. The van der Waals surface area contributed by atoms with Gasteiger partial charge in [0.25, 0.3) is 0 Å². The summed E-state index contributed by atoms with van der Waals surface area (Å²) in [6.07, 6.45) is 3.58. The van der Waals surface area contributed by atoms with Crippen molar-refractivity contribution in [3.8, 4) is 0 Å². The molecule has 0 spiro atoms. The third kappa shape index (κ3) is 2.12. The van der Waals surface area contributed by atoms with E-state index in [0.29, 0.717) is 5.56 Å². The van der Waals surface area contributed by atoms with Crippen molar-refractivity contribution in [1.29, 1.82) is 0 Å². The SMILES string of the molecule is NC(c1ccc(F)c(F)c1)C1CCc2cccnc21. The van der Waals surface area contributed by atoms with E-state index < -0.39 is 11.6 Å². The van der Waals surface area contributed by atoms with E-state index in [2.05, 4.69) is 4.98 Å². The number of fused-ring (bicyclic) bond motifs is 1. The quantitative estimate of drug-likeness (QED) is 0.901. The molecule has 2 atom stereocenters. The first kappa shape index (κ1) is 12.2. The molecule has 1 aromatic carbocycles. The molecule has 0 fully saturated rings. The molecule has 1 aromatic heterocycles. The van der Waals surface area contributed by atoms with Crippen LogP contribution in [0.15, 0.2) is 36.5 Å². The minimum absolute atomic E-state index is 0.0704. The van der Waals surface area contributed by atoms with E-state index in [4.69, 9.17) is 5.73 Å². The van der Waals surface area contributed by atoms with Gasteiger partial charge in [-0.3, -0.25) is 4.98 Å². The van der Waals surface area contributed by atoms with E-state index in [1.165, 1.54) is 11.6 Å². The number of aryl methyl sites for hydroxylation is 1. The number of aromatic nitrogens is 1. The van der Waals surface area contributed by atoms with Crippen LogP contribution in [0, 0.1) is 11.6 Å². The second-order valence-electron chi connectivity index (χ2n) is 4.89. The van der Waals surface area contributed by atoms with Gasteiger partial charge in [0.15, 0.2) is 11.6 Å². The fourth-order valence-electron chi connectivity index (χ4n) is 2.75. The lowest BCUT2D eigenvalue weighted by molar-refractivity contribution is 0.496. The van der Waals surface area contributed by atoms with Gasteiger partial charge in [0.1, 0.15) is 0 Å². The molecule has 0 saturated heterocycles. The number of nitrogens with two attached hydrogens (primary N) is 1. The Balaban J connectivity index is 1.93. The molecule has 0 radical (unpaired) electrons. The summed E-state index contributed by atoms with van der Waals surface area (Å²) in [4.78, 5) is 4.38. The number of hydrogen-bond acceptors (Lipinski definition) is 2.